The predicted octanol–water partition coefficient (Wildman–Crippen LogP) is 3.28. The van der Waals surface area contributed by atoms with Crippen molar-refractivity contribution in [2.75, 3.05) is 18.5 Å². The maximum absolute atomic E-state index is 10.8. The van der Waals surface area contributed by atoms with E-state index in [9.17, 15) is 10.1 Å². The number of thiazole rings is 1. The molecule has 112 valence electrons. The number of rotatable bonds is 5. The molecule has 6 nitrogen and oxygen atoms in total. The van der Waals surface area contributed by atoms with Gasteiger partial charge in [0.05, 0.1) is 15.4 Å². The number of aromatic nitrogens is 2. The minimum atomic E-state index is -0.395. The second kappa shape index (κ2) is 6.07. The van der Waals surface area contributed by atoms with Crippen LogP contribution in [0.5, 0.6) is 0 Å². The highest BCUT2D eigenvalue weighted by Crippen LogP contribution is 2.22. The summed E-state index contributed by atoms with van der Waals surface area (Å²) >= 11 is 1.64. The largest absolute Gasteiger partial charge is 0.359 e. The van der Waals surface area contributed by atoms with Crippen LogP contribution in [0.3, 0.4) is 0 Å². The van der Waals surface area contributed by atoms with Gasteiger partial charge in [0.25, 0.3) is 5.69 Å². The first kappa shape index (κ1) is 14.4. The van der Waals surface area contributed by atoms with Gasteiger partial charge in [0.15, 0.2) is 0 Å². The van der Waals surface area contributed by atoms with Gasteiger partial charge in [-0.15, -0.1) is 11.3 Å². The molecule has 3 aromatic rings. The van der Waals surface area contributed by atoms with E-state index in [2.05, 4.69) is 14.9 Å². The number of anilines is 1. The molecule has 0 amide bonds. The lowest BCUT2D eigenvalue weighted by Gasteiger charge is -2.17. The zero-order valence-electron chi connectivity index (χ0n) is 12.0. The van der Waals surface area contributed by atoms with Gasteiger partial charge in [0.2, 0.25) is 0 Å². The van der Waals surface area contributed by atoms with Gasteiger partial charge >= 0.3 is 0 Å². The fourth-order valence-corrected chi connectivity index (χ4v) is 2.79. The minimum Gasteiger partial charge on any atom is -0.359 e. The first-order valence-electron chi connectivity index (χ1n) is 6.78. The molecule has 2 aromatic heterocycles. The third kappa shape index (κ3) is 3.04. The van der Waals surface area contributed by atoms with Crippen molar-refractivity contribution in [3.05, 3.63) is 57.0 Å². The second-order valence-electron chi connectivity index (χ2n) is 4.90. The summed E-state index contributed by atoms with van der Waals surface area (Å²) in [6, 6.07) is 8.46. The normalized spacial score (nSPS) is 10.8. The van der Waals surface area contributed by atoms with Crippen molar-refractivity contribution in [1.82, 2.24) is 9.97 Å². The fourth-order valence-electron chi connectivity index (χ4n) is 2.18. The Labute approximate surface area is 131 Å². The number of nitrogens with zero attached hydrogens (tertiary/aromatic N) is 4. The van der Waals surface area contributed by atoms with Crippen molar-refractivity contribution in [2.45, 2.75) is 6.42 Å². The summed E-state index contributed by atoms with van der Waals surface area (Å²) in [5.74, 6) is 0.845. The van der Waals surface area contributed by atoms with Gasteiger partial charge in [-0.25, -0.2) is 9.97 Å². The Balaban J connectivity index is 1.79. The van der Waals surface area contributed by atoms with E-state index in [0.29, 0.717) is 0 Å². The van der Waals surface area contributed by atoms with E-state index >= 15 is 0 Å². The van der Waals surface area contributed by atoms with Crippen LogP contribution in [-0.4, -0.2) is 28.5 Å². The van der Waals surface area contributed by atoms with Crippen molar-refractivity contribution >= 4 is 33.7 Å². The molecule has 1 aromatic carbocycles. The van der Waals surface area contributed by atoms with Crippen molar-refractivity contribution < 1.29 is 4.92 Å². The van der Waals surface area contributed by atoms with Gasteiger partial charge in [-0.3, -0.25) is 10.1 Å². The van der Waals surface area contributed by atoms with Gasteiger partial charge in [0.1, 0.15) is 5.82 Å². The molecule has 2 heterocycles. The minimum absolute atomic E-state index is 0.0826. The summed E-state index contributed by atoms with van der Waals surface area (Å²) in [7, 11) is 1.98. The number of likely N-dealkylation sites (N-methyl/N-ethyl adjacent to an activating group) is 1. The van der Waals surface area contributed by atoms with Crippen LogP contribution in [0.15, 0.2) is 41.9 Å². The molecule has 0 radical (unpaired) electrons. The van der Waals surface area contributed by atoms with E-state index in [0.717, 1.165) is 34.7 Å². The quantitative estimate of drug-likeness (QED) is 0.534. The summed E-state index contributed by atoms with van der Waals surface area (Å²) in [6.45, 7) is 0.818. The molecule has 0 unspecified atom stereocenters. The Morgan fingerprint density at radius 2 is 2.18 bits per heavy atom. The molecule has 0 bridgehead atoms. The molecular weight excluding hydrogens is 300 g/mol. The van der Waals surface area contributed by atoms with Crippen LogP contribution >= 0.6 is 11.3 Å². The average molecular weight is 314 g/mol. The number of non-ortho nitro benzene ring substituents is 1. The molecule has 0 aliphatic carbocycles. The highest BCUT2D eigenvalue weighted by Gasteiger charge is 2.09. The van der Waals surface area contributed by atoms with Gasteiger partial charge in [0, 0.05) is 49.1 Å². The number of hydrogen-bond donors (Lipinski definition) is 0. The third-order valence-electron chi connectivity index (χ3n) is 3.40. The Morgan fingerprint density at radius 3 is 2.91 bits per heavy atom. The molecule has 0 spiro atoms. The summed E-state index contributed by atoms with van der Waals surface area (Å²) in [5, 5.41) is 14.6. The molecule has 0 fully saturated rings. The van der Waals surface area contributed by atoms with Crippen LogP contribution in [0.1, 0.15) is 5.01 Å². The van der Waals surface area contributed by atoms with Gasteiger partial charge in [-0.1, -0.05) is 0 Å². The third-order valence-corrected chi connectivity index (χ3v) is 4.24. The number of nitro groups is 1. The van der Waals surface area contributed by atoms with E-state index in [1.165, 1.54) is 6.07 Å². The van der Waals surface area contributed by atoms with Crippen LogP contribution in [-0.2, 0) is 6.42 Å². The predicted molar refractivity (Wildman–Crippen MR) is 87.5 cm³/mol. The number of benzene rings is 1. The van der Waals surface area contributed by atoms with E-state index in [1.54, 1.807) is 29.7 Å². The van der Waals surface area contributed by atoms with Crippen LogP contribution in [0.2, 0.25) is 0 Å². The first-order chi connectivity index (χ1) is 10.6. The highest BCUT2D eigenvalue weighted by molar-refractivity contribution is 7.09. The topological polar surface area (TPSA) is 72.2 Å². The number of nitro benzene ring substituents is 1. The van der Waals surface area contributed by atoms with Crippen LogP contribution in [0.4, 0.5) is 11.5 Å². The van der Waals surface area contributed by atoms with Crippen molar-refractivity contribution in [3.63, 3.8) is 0 Å². The lowest BCUT2D eigenvalue weighted by Crippen LogP contribution is -2.21. The monoisotopic (exact) mass is 314 g/mol. The van der Waals surface area contributed by atoms with Crippen LogP contribution in [0, 0.1) is 10.1 Å². The second-order valence-corrected chi connectivity index (χ2v) is 5.88. The van der Waals surface area contributed by atoms with Crippen molar-refractivity contribution in [2.24, 2.45) is 0 Å². The SMILES string of the molecule is CN(CCc1nccs1)c1ccc2cc([N+](=O)[O-])ccc2n1. The summed E-state index contributed by atoms with van der Waals surface area (Å²) < 4.78 is 0. The van der Waals surface area contributed by atoms with Gasteiger partial charge < -0.3 is 4.90 Å². The Morgan fingerprint density at radius 1 is 1.32 bits per heavy atom. The highest BCUT2D eigenvalue weighted by atomic mass is 32.1. The van der Waals surface area contributed by atoms with E-state index < -0.39 is 4.92 Å². The molecule has 3 rings (SSSR count). The maximum Gasteiger partial charge on any atom is 0.270 e. The van der Waals surface area contributed by atoms with E-state index in [-0.39, 0.29) is 5.69 Å². The average Bonchev–Trinajstić information content (AvgIpc) is 3.05. The molecule has 0 aliphatic heterocycles. The van der Waals surface area contributed by atoms with E-state index in [1.807, 2.05) is 24.6 Å². The number of fused-ring (bicyclic) bond motifs is 1. The van der Waals surface area contributed by atoms with Gasteiger partial charge in [-0.05, 0) is 18.2 Å². The summed E-state index contributed by atoms with van der Waals surface area (Å²) in [5.41, 5.74) is 0.836. The maximum atomic E-state index is 10.8. The van der Waals surface area contributed by atoms with E-state index in [4.69, 9.17) is 0 Å². The Hall–Kier alpha value is -2.54. The lowest BCUT2D eigenvalue weighted by molar-refractivity contribution is -0.384. The number of pyridine rings is 1. The van der Waals surface area contributed by atoms with Crippen LogP contribution in [0.25, 0.3) is 10.9 Å². The molecule has 0 atom stereocenters. The molecule has 22 heavy (non-hydrogen) atoms. The fraction of sp³-hybridized carbons (Fsp3) is 0.200. The summed E-state index contributed by atoms with van der Waals surface area (Å²) in [6.07, 6.45) is 2.68. The molecular formula is C15H14N4O2S. The molecule has 7 heteroatoms. The zero-order chi connectivity index (χ0) is 15.5. The first-order valence-corrected chi connectivity index (χ1v) is 7.66. The summed E-state index contributed by atoms with van der Waals surface area (Å²) in [4.78, 5) is 21.3. The van der Waals surface area contributed by atoms with Crippen LogP contribution < -0.4 is 4.90 Å². The standard InChI is InChI=1S/C15H14N4O2S/c1-18(8-6-15-16-7-9-22-15)14-5-2-11-10-12(19(20)21)3-4-13(11)17-14/h2-5,7,9-10H,6,8H2,1H3. The Kier molecular flexibility index (Phi) is 3.97. The number of hydrogen-bond acceptors (Lipinski definition) is 6. The molecule has 0 saturated carbocycles. The van der Waals surface area contributed by atoms with Gasteiger partial charge in [-0.2, -0.15) is 0 Å². The molecule has 0 saturated heterocycles. The smallest absolute Gasteiger partial charge is 0.270 e. The van der Waals surface area contributed by atoms with Crippen molar-refractivity contribution in [3.8, 4) is 0 Å². The molecule has 0 aliphatic rings. The Bertz CT molecular complexity index is 804. The lowest BCUT2D eigenvalue weighted by atomic mass is 10.2. The van der Waals surface area contributed by atoms with Crippen molar-refractivity contribution in [1.29, 1.82) is 0 Å². The molecule has 0 N–H and O–H groups in total. The zero-order valence-corrected chi connectivity index (χ0v) is 12.8.